The zero-order chi connectivity index (χ0) is 25.0. The van der Waals surface area contributed by atoms with Crippen LogP contribution in [0.5, 0.6) is 0 Å². The lowest BCUT2D eigenvalue weighted by Crippen LogP contribution is -2.25. The zero-order valence-corrected chi connectivity index (χ0v) is 19.4. The van der Waals surface area contributed by atoms with E-state index >= 15 is 0 Å². The molecule has 1 atom stereocenters. The first kappa shape index (κ1) is 24.8. The van der Waals surface area contributed by atoms with Gasteiger partial charge in [-0.25, -0.2) is 9.97 Å². The van der Waals surface area contributed by atoms with Crippen molar-refractivity contribution >= 4 is 34.5 Å². The lowest BCUT2D eigenvalue weighted by Gasteiger charge is -2.13. The van der Waals surface area contributed by atoms with Crippen LogP contribution in [0.4, 0.5) is 30.8 Å². The minimum absolute atomic E-state index is 0.0609. The van der Waals surface area contributed by atoms with Gasteiger partial charge in [0.2, 0.25) is 11.9 Å². The number of rotatable bonds is 9. The van der Waals surface area contributed by atoms with Gasteiger partial charge in [0.15, 0.2) is 5.82 Å². The van der Waals surface area contributed by atoms with E-state index in [2.05, 4.69) is 36.0 Å². The van der Waals surface area contributed by atoms with Gasteiger partial charge in [-0.1, -0.05) is 13.0 Å². The summed E-state index contributed by atoms with van der Waals surface area (Å²) in [7, 11) is 0. The minimum atomic E-state index is -4.41. The van der Waals surface area contributed by atoms with Gasteiger partial charge < -0.3 is 15.4 Å². The second-order valence-electron chi connectivity index (χ2n) is 8.31. The Bertz CT molecular complexity index is 1170. The van der Waals surface area contributed by atoms with Crippen LogP contribution in [0.3, 0.4) is 0 Å². The molecule has 188 valence electrons. The van der Waals surface area contributed by atoms with Crippen LogP contribution >= 0.6 is 0 Å². The molecule has 0 radical (unpaired) electrons. The lowest BCUT2D eigenvalue weighted by atomic mass is 10.1. The summed E-state index contributed by atoms with van der Waals surface area (Å²) in [6, 6.07) is 3.66. The fourth-order valence-electron chi connectivity index (χ4n) is 3.78. The summed E-state index contributed by atoms with van der Waals surface area (Å²) in [5.41, 5.74) is 2.57. The van der Waals surface area contributed by atoms with Gasteiger partial charge in [0.1, 0.15) is 23.5 Å². The van der Waals surface area contributed by atoms with E-state index < -0.39 is 12.8 Å². The predicted molar refractivity (Wildman–Crippen MR) is 123 cm³/mol. The molecule has 35 heavy (non-hydrogen) atoms. The fraction of sp³-hybridized carbons (Fsp3) is 0.500. The molecule has 0 bridgehead atoms. The summed E-state index contributed by atoms with van der Waals surface area (Å²) in [5, 5.41) is 13.6. The van der Waals surface area contributed by atoms with Crippen molar-refractivity contribution in [2.75, 3.05) is 36.9 Å². The van der Waals surface area contributed by atoms with Crippen molar-refractivity contribution in [2.45, 2.75) is 39.4 Å². The number of nitrogens with zero attached hydrogens (tertiary/aromatic N) is 5. The first-order valence-corrected chi connectivity index (χ1v) is 11.4. The molecule has 0 saturated carbocycles. The molecule has 0 aliphatic carbocycles. The van der Waals surface area contributed by atoms with Crippen LogP contribution in [-0.2, 0) is 22.5 Å². The van der Waals surface area contributed by atoms with Gasteiger partial charge >= 0.3 is 6.18 Å². The molecule has 10 nitrogen and oxygen atoms in total. The second-order valence-corrected chi connectivity index (χ2v) is 8.31. The van der Waals surface area contributed by atoms with Crippen LogP contribution in [0.25, 0.3) is 11.0 Å². The average Bonchev–Trinajstić information content (AvgIpc) is 3.46. The first-order chi connectivity index (χ1) is 16.7. The molecule has 3 aromatic rings. The van der Waals surface area contributed by atoms with Gasteiger partial charge in [0.05, 0.1) is 24.8 Å². The number of carbonyl (C=O) groups is 1. The van der Waals surface area contributed by atoms with Crippen molar-refractivity contribution < 1.29 is 22.7 Å². The number of hydrogen-bond donors (Lipinski definition) is 3. The van der Waals surface area contributed by atoms with E-state index in [0.29, 0.717) is 41.3 Å². The standard InChI is InChI=1S/C22H27F3N8O2/c1-3-15-17-18(33(32-15)8-9-35-12-22(23,24)25)19(28-16-5-4-13(2)10-27-16)30-21(29-17)31-20(34)14-6-7-26-11-14/h4-5,10,14,26H,3,6-9,11-12H2,1-2H3,(H2,27,28,29,30,31,34)/t14-/m0/s1. The molecule has 1 aliphatic heterocycles. The summed E-state index contributed by atoms with van der Waals surface area (Å²) >= 11 is 0. The molecular formula is C22H27F3N8O2. The van der Waals surface area contributed by atoms with Crippen LogP contribution in [0, 0.1) is 12.8 Å². The number of nitrogens with one attached hydrogen (secondary N) is 3. The molecule has 1 fully saturated rings. The molecule has 13 heteroatoms. The molecular weight excluding hydrogens is 465 g/mol. The highest BCUT2D eigenvalue weighted by molar-refractivity contribution is 5.95. The Morgan fingerprint density at radius 1 is 1.31 bits per heavy atom. The van der Waals surface area contributed by atoms with Crippen molar-refractivity contribution in [3.8, 4) is 0 Å². The Morgan fingerprint density at radius 3 is 2.80 bits per heavy atom. The summed E-state index contributed by atoms with van der Waals surface area (Å²) in [6.07, 6.45) is -1.47. The van der Waals surface area contributed by atoms with Crippen LogP contribution < -0.4 is 16.0 Å². The smallest absolute Gasteiger partial charge is 0.370 e. The van der Waals surface area contributed by atoms with Gasteiger partial charge in [0, 0.05) is 12.7 Å². The highest BCUT2D eigenvalue weighted by Gasteiger charge is 2.28. The number of carbonyl (C=O) groups excluding carboxylic acids is 1. The largest absolute Gasteiger partial charge is 0.411 e. The monoisotopic (exact) mass is 492 g/mol. The molecule has 0 spiro atoms. The molecule has 4 rings (SSSR count). The molecule has 4 heterocycles. The zero-order valence-electron chi connectivity index (χ0n) is 19.4. The number of pyridine rings is 1. The fourth-order valence-corrected chi connectivity index (χ4v) is 3.78. The Morgan fingerprint density at radius 2 is 2.14 bits per heavy atom. The second kappa shape index (κ2) is 10.5. The van der Waals surface area contributed by atoms with Crippen LogP contribution in [0.1, 0.15) is 24.6 Å². The summed E-state index contributed by atoms with van der Waals surface area (Å²) < 4.78 is 43.7. The molecule has 0 unspecified atom stereocenters. The van der Waals surface area contributed by atoms with E-state index in [-0.39, 0.29) is 30.9 Å². The number of ether oxygens (including phenoxy) is 1. The van der Waals surface area contributed by atoms with Crippen LogP contribution in [0.2, 0.25) is 0 Å². The molecule has 1 saturated heterocycles. The molecule has 3 N–H and O–H groups in total. The quantitative estimate of drug-likeness (QED) is 0.390. The van der Waals surface area contributed by atoms with E-state index in [9.17, 15) is 18.0 Å². The number of anilines is 3. The number of halogens is 3. The number of fused-ring (bicyclic) bond motifs is 1. The number of aryl methyl sites for hydroxylation is 2. The Balaban J connectivity index is 1.68. The number of hydrogen-bond acceptors (Lipinski definition) is 8. The van der Waals surface area contributed by atoms with Crippen molar-refractivity contribution in [3.05, 3.63) is 29.6 Å². The van der Waals surface area contributed by atoms with Gasteiger partial charge in [-0.15, -0.1) is 0 Å². The maximum absolute atomic E-state index is 12.7. The number of amides is 1. The van der Waals surface area contributed by atoms with Crippen LogP contribution in [0.15, 0.2) is 18.3 Å². The lowest BCUT2D eigenvalue weighted by molar-refractivity contribution is -0.174. The average molecular weight is 493 g/mol. The van der Waals surface area contributed by atoms with Gasteiger partial charge in [-0.3, -0.25) is 14.8 Å². The third-order valence-corrected chi connectivity index (χ3v) is 5.53. The summed E-state index contributed by atoms with van der Waals surface area (Å²) in [4.78, 5) is 26.1. The highest BCUT2D eigenvalue weighted by atomic mass is 19.4. The van der Waals surface area contributed by atoms with Crippen LogP contribution in [-0.4, -0.2) is 63.1 Å². The summed E-state index contributed by atoms with van der Waals surface area (Å²) in [5.74, 6) is 0.594. The van der Waals surface area contributed by atoms with E-state index in [0.717, 1.165) is 18.5 Å². The van der Waals surface area contributed by atoms with E-state index in [1.54, 1.807) is 12.3 Å². The van der Waals surface area contributed by atoms with Gasteiger partial charge in [-0.2, -0.15) is 23.3 Å². The summed E-state index contributed by atoms with van der Waals surface area (Å²) in [6.45, 7) is 3.68. The first-order valence-electron chi connectivity index (χ1n) is 11.4. The molecule has 0 aromatic carbocycles. The highest BCUT2D eigenvalue weighted by Crippen LogP contribution is 2.28. The van der Waals surface area contributed by atoms with Crippen molar-refractivity contribution in [1.82, 2.24) is 30.0 Å². The number of alkyl halides is 3. The van der Waals surface area contributed by atoms with Gasteiger partial charge in [0.25, 0.3) is 0 Å². The maximum Gasteiger partial charge on any atom is 0.411 e. The normalized spacial score (nSPS) is 16.1. The van der Waals surface area contributed by atoms with Crippen molar-refractivity contribution in [1.29, 1.82) is 0 Å². The Hall–Kier alpha value is -3.32. The molecule has 1 aliphatic rings. The minimum Gasteiger partial charge on any atom is -0.370 e. The maximum atomic E-state index is 12.7. The van der Waals surface area contributed by atoms with Crippen molar-refractivity contribution in [3.63, 3.8) is 0 Å². The van der Waals surface area contributed by atoms with E-state index in [1.807, 2.05) is 19.9 Å². The predicted octanol–water partition coefficient (Wildman–Crippen LogP) is 2.96. The third kappa shape index (κ3) is 6.22. The number of aromatic nitrogens is 5. The third-order valence-electron chi connectivity index (χ3n) is 5.53. The van der Waals surface area contributed by atoms with Crippen molar-refractivity contribution in [2.24, 2.45) is 5.92 Å². The topological polar surface area (TPSA) is 119 Å². The Kier molecular flexibility index (Phi) is 7.45. The Labute approximate surface area is 199 Å². The molecule has 3 aromatic heterocycles. The van der Waals surface area contributed by atoms with Gasteiger partial charge in [-0.05, 0) is 37.9 Å². The van der Waals surface area contributed by atoms with E-state index in [1.165, 1.54) is 4.68 Å². The SMILES string of the molecule is CCc1nn(CCOCC(F)(F)F)c2c(Nc3ccc(C)cn3)nc(NC(=O)[C@H]3CCNC3)nc12. The molecule has 1 amide bonds. The van der Waals surface area contributed by atoms with E-state index in [4.69, 9.17) is 4.74 Å².